The molecule has 3 aromatic rings. The van der Waals surface area contributed by atoms with Crippen LogP contribution < -0.4 is 10.1 Å². The van der Waals surface area contributed by atoms with Gasteiger partial charge in [0, 0.05) is 36.4 Å². The lowest BCUT2D eigenvalue weighted by Crippen LogP contribution is -2.41. The van der Waals surface area contributed by atoms with Gasteiger partial charge in [-0.05, 0) is 48.1 Å². The summed E-state index contributed by atoms with van der Waals surface area (Å²) in [7, 11) is -3.46. The first-order valence-electron chi connectivity index (χ1n) is 10.1. The molecule has 2 aliphatic rings. The number of ether oxygens (including phenoxy) is 1. The lowest BCUT2D eigenvalue weighted by atomic mass is 9.97. The Bertz CT molecular complexity index is 1200. The predicted octanol–water partition coefficient (Wildman–Crippen LogP) is 3.85. The van der Waals surface area contributed by atoms with Crippen LogP contribution in [0.15, 0.2) is 45.3 Å². The van der Waals surface area contributed by atoms with Gasteiger partial charge in [0.2, 0.25) is 5.91 Å². The summed E-state index contributed by atoms with van der Waals surface area (Å²) in [4.78, 5) is 17.3. The third-order valence-electron chi connectivity index (χ3n) is 5.63. The van der Waals surface area contributed by atoms with Gasteiger partial charge in [-0.3, -0.25) is 4.79 Å². The molecule has 4 heterocycles. The molecule has 0 bridgehead atoms. The Hall–Kier alpha value is -2.27. The lowest BCUT2D eigenvalue weighted by Gasteiger charge is -2.29. The normalized spacial score (nSPS) is 17.3. The number of nitrogens with one attached hydrogen (secondary N) is 1. The van der Waals surface area contributed by atoms with E-state index in [2.05, 4.69) is 16.4 Å². The Morgan fingerprint density at radius 2 is 2.03 bits per heavy atom. The summed E-state index contributed by atoms with van der Waals surface area (Å²) >= 11 is 2.61. The molecule has 0 spiro atoms. The molecule has 2 aromatic heterocycles. The minimum Gasteiger partial charge on any atom is -0.493 e. The SMILES string of the molecule is O=C(Nc1nc(-c2ccc3c(c2)CCO3)cs1)C1CCN(S(=O)(=O)c2cccs2)CC1. The van der Waals surface area contributed by atoms with Crippen molar-refractivity contribution in [2.75, 3.05) is 25.0 Å². The fourth-order valence-electron chi connectivity index (χ4n) is 3.91. The molecule has 0 atom stereocenters. The third-order valence-corrected chi connectivity index (χ3v) is 9.66. The van der Waals surface area contributed by atoms with Crippen molar-refractivity contribution in [3.63, 3.8) is 0 Å². The average Bonchev–Trinajstić information content (AvgIpc) is 3.54. The fraction of sp³-hybridized carbons (Fsp3) is 0.333. The van der Waals surface area contributed by atoms with E-state index in [1.807, 2.05) is 17.5 Å². The number of amides is 1. The van der Waals surface area contributed by atoms with Crippen LogP contribution in [0.3, 0.4) is 0 Å². The van der Waals surface area contributed by atoms with Gasteiger partial charge in [-0.25, -0.2) is 13.4 Å². The number of rotatable bonds is 5. The molecular weight excluding hydrogens is 454 g/mol. The standard InChI is InChI=1S/C21H21N3O4S3/c25-20(14-5-8-24(9-6-14)31(26,27)19-2-1-11-29-19)23-21-22-17(13-30-21)15-3-4-18-16(12-15)7-10-28-18/h1-4,11-14H,5-10H2,(H,22,23,25). The van der Waals surface area contributed by atoms with Crippen molar-refractivity contribution in [2.45, 2.75) is 23.5 Å². The van der Waals surface area contributed by atoms with Gasteiger partial charge in [-0.2, -0.15) is 4.31 Å². The van der Waals surface area contributed by atoms with Crippen molar-refractivity contribution in [3.8, 4) is 17.0 Å². The molecule has 0 saturated carbocycles. The van der Waals surface area contributed by atoms with Crippen molar-refractivity contribution < 1.29 is 17.9 Å². The molecule has 10 heteroatoms. The Kier molecular flexibility index (Phi) is 5.55. The summed E-state index contributed by atoms with van der Waals surface area (Å²) in [6.07, 6.45) is 1.90. The fourth-order valence-corrected chi connectivity index (χ4v) is 7.25. The van der Waals surface area contributed by atoms with Gasteiger partial charge in [0.25, 0.3) is 10.0 Å². The third kappa shape index (κ3) is 4.12. The topological polar surface area (TPSA) is 88.6 Å². The minimum atomic E-state index is -3.46. The number of fused-ring (bicyclic) bond motifs is 1. The van der Waals surface area contributed by atoms with Crippen molar-refractivity contribution in [2.24, 2.45) is 5.92 Å². The molecular formula is C21H21N3O4S3. The van der Waals surface area contributed by atoms with E-state index in [0.29, 0.717) is 41.9 Å². The molecule has 2 aliphatic heterocycles. The average molecular weight is 476 g/mol. The summed E-state index contributed by atoms with van der Waals surface area (Å²) in [5.41, 5.74) is 3.01. The Morgan fingerprint density at radius 1 is 1.19 bits per heavy atom. The molecule has 1 N–H and O–H groups in total. The smallest absolute Gasteiger partial charge is 0.252 e. The van der Waals surface area contributed by atoms with Crippen LogP contribution in [0, 0.1) is 5.92 Å². The second-order valence-electron chi connectivity index (χ2n) is 7.56. The van der Waals surface area contributed by atoms with Crippen LogP contribution in [0.4, 0.5) is 5.13 Å². The van der Waals surface area contributed by atoms with Crippen molar-refractivity contribution in [1.29, 1.82) is 0 Å². The van der Waals surface area contributed by atoms with Gasteiger partial charge in [0.1, 0.15) is 9.96 Å². The van der Waals surface area contributed by atoms with E-state index in [1.165, 1.54) is 32.5 Å². The molecule has 1 fully saturated rings. The summed E-state index contributed by atoms with van der Waals surface area (Å²) in [6.45, 7) is 1.40. The number of thiophene rings is 1. The number of sulfonamides is 1. The number of aromatic nitrogens is 1. The number of piperidine rings is 1. The van der Waals surface area contributed by atoms with Gasteiger partial charge in [-0.1, -0.05) is 6.07 Å². The molecule has 1 aromatic carbocycles. The quantitative estimate of drug-likeness (QED) is 0.606. The number of hydrogen-bond donors (Lipinski definition) is 1. The number of hydrogen-bond acceptors (Lipinski definition) is 7. The maximum Gasteiger partial charge on any atom is 0.252 e. The highest BCUT2D eigenvalue weighted by atomic mass is 32.2. The Morgan fingerprint density at radius 3 is 2.81 bits per heavy atom. The largest absolute Gasteiger partial charge is 0.493 e. The molecule has 0 unspecified atom stereocenters. The van der Waals surface area contributed by atoms with Gasteiger partial charge in [-0.15, -0.1) is 22.7 Å². The van der Waals surface area contributed by atoms with Crippen LogP contribution in [0.2, 0.25) is 0 Å². The number of carbonyl (C=O) groups is 1. The van der Waals surface area contributed by atoms with E-state index >= 15 is 0 Å². The molecule has 5 rings (SSSR count). The lowest BCUT2D eigenvalue weighted by molar-refractivity contribution is -0.120. The van der Waals surface area contributed by atoms with Crippen LogP contribution in [-0.4, -0.2) is 43.3 Å². The first-order chi connectivity index (χ1) is 15.0. The zero-order valence-corrected chi connectivity index (χ0v) is 19.1. The highest BCUT2D eigenvalue weighted by Crippen LogP contribution is 2.32. The second kappa shape index (κ2) is 8.34. The van der Waals surface area contributed by atoms with E-state index in [0.717, 1.165) is 23.4 Å². The van der Waals surface area contributed by atoms with Crippen molar-refractivity contribution >= 4 is 43.7 Å². The summed E-state index contributed by atoms with van der Waals surface area (Å²) < 4.78 is 32.7. The minimum absolute atomic E-state index is 0.101. The van der Waals surface area contributed by atoms with Gasteiger partial charge in [0.15, 0.2) is 5.13 Å². The number of benzene rings is 1. The zero-order chi connectivity index (χ0) is 21.4. The number of nitrogens with zero attached hydrogens (tertiary/aromatic N) is 2. The molecule has 31 heavy (non-hydrogen) atoms. The van der Waals surface area contributed by atoms with Crippen molar-refractivity contribution in [1.82, 2.24) is 9.29 Å². The van der Waals surface area contributed by atoms with E-state index in [1.54, 1.807) is 17.5 Å². The van der Waals surface area contributed by atoms with Gasteiger partial charge in [0.05, 0.1) is 12.3 Å². The first-order valence-corrected chi connectivity index (χ1v) is 13.3. The number of anilines is 1. The first kappa shape index (κ1) is 20.6. The van der Waals surface area contributed by atoms with Crippen LogP contribution in [0.1, 0.15) is 18.4 Å². The molecule has 1 amide bonds. The molecule has 7 nitrogen and oxygen atoms in total. The van der Waals surface area contributed by atoms with Gasteiger partial charge >= 0.3 is 0 Å². The van der Waals surface area contributed by atoms with Crippen LogP contribution in [-0.2, 0) is 21.2 Å². The van der Waals surface area contributed by atoms with Crippen LogP contribution in [0.5, 0.6) is 5.75 Å². The number of thiazole rings is 1. The van der Waals surface area contributed by atoms with Gasteiger partial charge < -0.3 is 10.1 Å². The summed E-state index contributed by atoms with van der Waals surface area (Å²) in [5, 5.41) is 7.16. The number of carbonyl (C=O) groups excluding carboxylic acids is 1. The summed E-state index contributed by atoms with van der Waals surface area (Å²) in [5.74, 6) is 0.607. The maximum atomic E-state index is 12.7. The predicted molar refractivity (Wildman–Crippen MR) is 121 cm³/mol. The molecule has 0 aliphatic carbocycles. The van der Waals surface area contributed by atoms with Crippen LogP contribution in [0.25, 0.3) is 11.3 Å². The monoisotopic (exact) mass is 475 g/mol. The van der Waals surface area contributed by atoms with Crippen LogP contribution >= 0.6 is 22.7 Å². The highest BCUT2D eigenvalue weighted by molar-refractivity contribution is 7.91. The summed E-state index contributed by atoms with van der Waals surface area (Å²) in [6, 6.07) is 9.39. The highest BCUT2D eigenvalue weighted by Gasteiger charge is 2.32. The molecule has 1 saturated heterocycles. The van der Waals surface area contributed by atoms with Crippen molar-refractivity contribution in [3.05, 3.63) is 46.7 Å². The van der Waals surface area contributed by atoms with E-state index in [9.17, 15) is 13.2 Å². The second-order valence-corrected chi connectivity index (χ2v) is 11.5. The van der Waals surface area contributed by atoms with E-state index in [-0.39, 0.29) is 11.8 Å². The maximum absolute atomic E-state index is 12.7. The molecule has 162 valence electrons. The Labute approximate surface area is 188 Å². The van der Waals surface area contributed by atoms with E-state index in [4.69, 9.17) is 4.74 Å². The zero-order valence-electron chi connectivity index (χ0n) is 16.6. The molecule has 0 radical (unpaired) electrons. The Balaban J connectivity index is 1.20. The van der Waals surface area contributed by atoms with E-state index < -0.39 is 10.0 Å².